The smallest absolute Gasteiger partial charge is 0.174 e. The maximum Gasteiger partial charge on any atom is 0.174 e. The fourth-order valence-corrected chi connectivity index (χ4v) is 2.90. The maximum atomic E-state index is 13.2. The van der Waals surface area contributed by atoms with Crippen molar-refractivity contribution in [3.63, 3.8) is 0 Å². The van der Waals surface area contributed by atoms with Crippen LogP contribution in [0.5, 0.6) is 0 Å². The lowest BCUT2D eigenvalue weighted by atomic mass is 9.85. The van der Waals surface area contributed by atoms with Crippen LogP contribution in [0.1, 0.15) is 17.0 Å². The van der Waals surface area contributed by atoms with Crippen molar-refractivity contribution in [2.24, 2.45) is 0 Å². The number of nitrogens with zero attached hydrogens (tertiary/aromatic N) is 1. The number of nitrogens with one attached hydrogen (secondary N) is 1. The summed E-state index contributed by atoms with van der Waals surface area (Å²) in [5.41, 5.74) is -0.799. The highest BCUT2D eigenvalue weighted by Crippen LogP contribution is 2.39. The van der Waals surface area contributed by atoms with Crippen LogP contribution in [-0.4, -0.2) is 15.1 Å². The summed E-state index contributed by atoms with van der Waals surface area (Å²) in [4.78, 5) is 7.02. The van der Waals surface area contributed by atoms with Crippen LogP contribution in [0.15, 0.2) is 54.9 Å². The molecule has 0 aliphatic carbocycles. The number of rotatable bonds is 3. The van der Waals surface area contributed by atoms with Crippen molar-refractivity contribution in [2.75, 3.05) is 0 Å². The van der Waals surface area contributed by atoms with Gasteiger partial charge in [0.15, 0.2) is 5.60 Å². The molecule has 1 atom stereocenters. The normalized spacial score (nSPS) is 13.8. The largest absolute Gasteiger partial charge is 0.373 e. The summed E-state index contributed by atoms with van der Waals surface area (Å²) in [6, 6.07) is 10.3. The molecule has 3 nitrogen and oxygen atoms in total. The van der Waals surface area contributed by atoms with E-state index >= 15 is 0 Å². The average molecular weight is 337 g/mol. The van der Waals surface area contributed by atoms with Gasteiger partial charge >= 0.3 is 0 Å². The van der Waals surface area contributed by atoms with Crippen LogP contribution in [0.2, 0.25) is 10.0 Å². The van der Waals surface area contributed by atoms with Crippen molar-refractivity contribution in [1.82, 2.24) is 9.97 Å². The summed E-state index contributed by atoms with van der Waals surface area (Å²) in [7, 11) is 0. The summed E-state index contributed by atoms with van der Waals surface area (Å²) in [5, 5.41) is 12.1. The van der Waals surface area contributed by atoms with Gasteiger partial charge in [-0.15, -0.1) is 0 Å². The first-order chi connectivity index (χ1) is 10.5. The number of hydrogen-bond donors (Lipinski definition) is 2. The second-order valence-electron chi connectivity index (χ2n) is 4.78. The molecule has 1 unspecified atom stereocenters. The Kier molecular flexibility index (Phi) is 3.91. The minimum Gasteiger partial charge on any atom is -0.373 e. The second kappa shape index (κ2) is 5.72. The van der Waals surface area contributed by atoms with Crippen LogP contribution in [0, 0.1) is 5.82 Å². The summed E-state index contributed by atoms with van der Waals surface area (Å²) >= 11 is 12.2. The molecular weight excluding hydrogens is 326 g/mol. The maximum absolute atomic E-state index is 13.2. The third-order valence-corrected chi connectivity index (χ3v) is 3.97. The molecule has 0 spiro atoms. The lowest BCUT2D eigenvalue weighted by Gasteiger charge is -2.28. The predicted octanol–water partition coefficient (Wildman–Crippen LogP) is 4.14. The molecule has 6 heteroatoms. The second-order valence-corrected chi connectivity index (χ2v) is 5.62. The van der Waals surface area contributed by atoms with Crippen LogP contribution >= 0.6 is 23.2 Å². The van der Waals surface area contributed by atoms with Gasteiger partial charge in [0.1, 0.15) is 11.6 Å². The highest BCUT2D eigenvalue weighted by atomic mass is 35.5. The van der Waals surface area contributed by atoms with Crippen molar-refractivity contribution in [1.29, 1.82) is 0 Å². The van der Waals surface area contributed by atoms with Gasteiger partial charge in [0.2, 0.25) is 0 Å². The molecule has 22 heavy (non-hydrogen) atoms. The van der Waals surface area contributed by atoms with Gasteiger partial charge in [-0.25, -0.2) is 9.37 Å². The van der Waals surface area contributed by atoms with Gasteiger partial charge in [0.05, 0.1) is 0 Å². The van der Waals surface area contributed by atoms with Crippen molar-refractivity contribution >= 4 is 23.2 Å². The van der Waals surface area contributed by atoms with E-state index in [9.17, 15) is 9.50 Å². The first-order valence-corrected chi connectivity index (χ1v) is 7.21. The summed E-state index contributed by atoms with van der Waals surface area (Å²) in [6.07, 6.45) is 3.11. The third-order valence-electron chi connectivity index (χ3n) is 3.42. The summed E-state index contributed by atoms with van der Waals surface area (Å²) in [6.45, 7) is 0. The minimum absolute atomic E-state index is 0.281. The van der Waals surface area contributed by atoms with E-state index in [4.69, 9.17) is 23.2 Å². The fourth-order valence-electron chi connectivity index (χ4n) is 2.36. The van der Waals surface area contributed by atoms with E-state index in [2.05, 4.69) is 9.97 Å². The van der Waals surface area contributed by atoms with Gasteiger partial charge < -0.3 is 10.1 Å². The van der Waals surface area contributed by atoms with Crippen LogP contribution < -0.4 is 0 Å². The lowest BCUT2D eigenvalue weighted by molar-refractivity contribution is 0.116. The predicted molar refractivity (Wildman–Crippen MR) is 83.6 cm³/mol. The topological polar surface area (TPSA) is 48.9 Å². The Hall–Kier alpha value is -1.88. The fraction of sp³-hybridized carbons (Fsp3) is 0.0625. The molecule has 2 aromatic carbocycles. The van der Waals surface area contributed by atoms with Crippen molar-refractivity contribution in [2.45, 2.75) is 5.60 Å². The number of aromatic nitrogens is 2. The molecule has 112 valence electrons. The van der Waals surface area contributed by atoms with Crippen LogP contribution in [0.3, 0.4) is 0 Å². The molecule has 1 heterocycles. The van der Waals surface area contributed by atoms with Crippen molar-refractivity contribution < 1.29 is 9.50 Å². The number of aromatic amines is 1. The van der Waals surface area contributed by atoms with Crippen LogP contribution in [0.25, 0.3) is 0 Å². The average Bonchev–Trinajstić information content (AvgIpc) is 3.02. The Labute approximate surface area is 136 Å². The highest BCUT2D eigenvalue weighted by Gasteiger charge is 2.38. The minimum atomic E-state index is -1.64. The van der Waals surface area contributed by atoms with Gasteiger partial charge in [-0.2, -0.15) is 0 Å². The van der Waals surface area contributed by atoms with E-state index < -0.39 is 11.4 Å². The molecule has 2 N–H and O–H groups in total. The first kappa shape index (κ1) is 15.0. The van der Waals surface area contributed by atoms with Crippen molar-refractivity contribution in [3.8, 4) is 0 Å². The monoisotopic (exact) mass is 336 g/mol. The van der Waals surface area contributed by atoms with E-state index in [-0.39, 0.29) is 10.8 Å². The molecule has 0 saturated carbocycles. The Bertz CT molecular complexity index is 790. The molecule has 3 rings (SSSR count). The van der Waals surface area contributed by atoms with E-state index in [0.717, 1.165) is 0 Å². The Morgan fingerprint density at radius 1 is 1.09 bits per heavy atom. The van der Waals surface area contributed by atoms with Gasteiger partial charge in [-0.3, -0.25) is 0 Å². The lowest BCUT2D eigenvalue weighted by Crippen LogP contribution is -2.30. The molecule has 0 fully saturated rings. The number of benzene rings is 2. The van der Waals surface area contributed by atoms with Gasteiger partial charge in [0, 0.05) is 28.0 Å². The Balaban J connectivity index is 2.26. The number of imidazole rings is 1. The third kappa shape index (κ3) is 2.50. The first-order valence-electron chi connectivity index (χ1n) is 6.45. The highest BCUT2D eigenvalue weighted by molar-refractivity contribution is 6.35. The van der Waals surface area contributed by atoms with Gasteiger partial charge in [-0.1, -0.05) is 41.4 Å². The molecule has 0 radical (unpaired) electrons. The molecule has 3 aromatic rings. The quantitative estimate of drug-likeness (QED) is 0.755. The van der Waals surface area contributed by atoms with E-state index in [1.807, 2.05) is 0 Å². The molecule has 1 aromatic heterocycles. The zero-order valence-corrected chi connectivity index (χ0v) is 12.7. The van der Waals surface area contributed by atoms with Crippen LogP contribution in [-0.2, 0) is 5.60 Å². The Morgan fingerprint density at radius 3 is 2.41 bits per heavy atom. The van der Waals surface area contributed by atoms with Crippen LogP contribution in [0.4, 0.5) is 4.39 Å². The van der Waals surface area contributed by atoms with Gasteiger partial charge in [-0.05, 0) is 29.8 Å². The molecule has 0 bridgehead atoms. The van der Waals surface area contributed by atoms with E-state index in [1.165, 1.54) is 36.5 Å². The van der Waals surface area contributed by atoms with E-state index in [0.29, 0.717) is 16.1 Å². The zero-order chi connectivity index (χ0) is 15.7. The Morgan fingerprint density at radius 2 is 1.82 bits per heavy atom. The number of H-pyrrole nitrogens is 1. The molecular formula is C16H11Cl2FN2O. The SMILES string of the molecule is OC(c1ccc(F)cc1)(c1ncc[nH]1)c1ccc(Cl)cc1Cl. The standard InChI is InChI=1S/C16H11Cl2FN2O/c17-11-3-6-13(14(18)9-11)16(22,15-20-7-8-21-15)10-1-4-12(19)5-2-10/h1-9,22H,(H,20,21). The molecule has 0 aliphatic rings. The number of halogens is 3. The van der Waals surface area contributed by atoms with Crippen molar-refractivity contribution in [3.05, 3.63) is 87.7 Å². The summed E-state index contributed by atoms with van der Waals surface area (Å²) in [5.74, 6) is -0.115. The number of hydrogen-bond acceptors (Lipinski definition) is 2. The molecule has 0 saturated heterocycles. The summed E-state index contributed by atoms with van der Waals surface area (Å²) < 4.78 is 13.2. The van der Waals surface area contributed by atoms with E-state index in [1.54, 1.807) is 18.3 Å². The number of aliphatic hydroxyl groups is 1. The molecule has 0 aliphatic heterocycles. The van der Waals surface area contributed by atoms with Gasteiger partial charge in [0.25, 0.3) is 0 Å². The molecule has 0 amide bonds. The zero-order valence-electron chi connectivity index (χ0n) is 11.2.